The molecular formula is C7H11NO2. The summed E-state index contributed by atoms with van der Waals surface area (Å²) < 4.78 is 0. The van der Waals surface area contributed by atoms with Crippen LogP contribution in [0.4, 0.5) is 0 Å². The first-order chi connectivity index (χ1) is 4.70. The van der Waals surface area contributed by atoms with E-state index in [-0.39, 0.29) is 12.0 Å². The maximum Gasteiger partial charge on any atom is 0.306 e. The van der Waals surface area contributed by atoms with Crippen LogP contribution in [0, 0.1) is 17.8 Å². The fourth-order valence-corrected chi connectivity index (χ4v) is 2.12. The lowest BCUT2D eigenvalue weighted by Gasteiger charge is -2.06. The predicted molar refractivity (Wildman–Crippen MR) is 35.3 cm³/mol. The Kier molecular flexibility index (Phi) is 1.06. The molecule has 0 saturated heterocycles. The lowest BCUT2D eigenvalue weighted by molar-refractivity contribution is -0.142. The van der Waals surface area contributed by atoms with Crippen LogP contribution in [-0.2, 0) is 4.79 Å². The highest BCUT2D eigenvalue weighted by atomic mass is 16.4. The van der Waals surface area contributed by atoms with E-state index in [1.807, 2.05) is 0 Å². The molecule has 2 rings (SSSR count). The van der Waals surface area contributed by atoms with E-state index in [1.165, 1.54) is 0 Å². The summed E-state index contributed by atoms with van der Waals surface area (Å²) in [5.74, 6) is 0.189. The van der Waals surface area contributed by atoms with Crippen molar-refractivity contribution in [2.45, 2.75) is 18.9 Å². The predicted octanol–water partition coefficient (Wildman–Crippen LogP) is 0.0543. The summed E-state index contributed by atoms with van der Waals surface area (Å²) in [5.41, 5.74) is 5.68. The Balaban J connectivity index is 2.08. The van der Waals surface area contributed by atoms with E-state index >= 15 is 0 Å². The lowest BCUT2D eigenvalue weighted by Crippen LogP contribution is -2.22. The van der Waals surface area contributed by atoms with Crippen LogP contribution in [0.1, 0.15) is 12.8 Å². The number of nitrogens with two attached hydrogens (primary N) is 1. The monoisotopic (exact) mass is 141 g/mol. The van der Waals surface area contributed by atoms with Crippen molar-refractivity contribution in [1.29, 1.82) is 0 Å². The zero-order chi connectivity index (χ0) is 7.30. The van der Waals surface area contributed by atoms with Crippen molar-refractivity contribution in [3.63, 3.8) is 0 Å². The minimum atomic E-state index is -0.652. The molecule has 56 valence electrons. The van der Waals surface area contributed by atoms with Crippen molar-refractivity contribution in [1.82, 2.24) is 0 Å². The number of carbonyl (C=O) groups is 1. The molecule has 2 aliphatic rings. The summed E-state index contributed by atoms with van der Waals surface area (Å²) in [6, 6.07) is 0.172. The fourth-order valence-electron chi connectivity index (χ4n) is 2.12. The summed E-state index contributed by atoms with van der Waals surface area (Å²) in [5, 5.41) is 8.67. The second kappa shape index (κ2) is 1.72. The number of hydrogen-bond acceptors (Lipinski definition) is 2. The minimum absolute atomic E-state index is 0.125. The molecule has 3 nitrogen and oxygen atoms in total. The number of aliphatic carboxylic acids is 1. The van der Waals surface area contributed by atoms with Gasteiger partial charge in [0.15, 0.2) is 0 Å². The standard InChI is InChI=1S/C7H11NO2/c8-6-2-5(7(9)10)3-1-4(3)6/h3-6H,1-2,8H2,(H,9,10)/t3-,4+,5-,6+/m0/s1. The first-order valence-electron chi connectivity index (χ1n) is 3.68. The van der Waals surface area contributed by atoms with Crippen LogP contribution in [0.15, 0.2) is 0 Å². The molecule has 3 N–H and O–H groups in total. The van der Waals surface area contributed by atoms with Gasteiger partial charge < -0.3 is 10.8 Å². The van der Waals surface area contributed by atoms with Crippen molar-refractivity contribution < 1.29 is 9.90 Å². The maximum absolute atomic E-state index is 10.5. The van der Waals surface area contributed by atoms with Gasteiger partial charge in [-0.05, 0) is 24.7 Å². The Morgan fingerprint density at radius 2 is 2.10 bits per heavy atom. The topological polar surface area (TPSA) is 63.3 Å². The summed E-state index contributed by atoms with van der Waals surface area (Å²) in [6.07, 6.45) is 1.75. The molecule has 3 heteroatoms. The van der Waals surface area contributed by atoms with Crippen molar-refractivity contribution in [3.05, 3.63) is 0 Å². The second-order valence-corrected chi connectivity index (χ2v) is 3.41. The normalized spacial score (nSPS) is 50.5. The Morgan fingerprint density at radius 1 is 1.40 bits per heavy atom. The van der Waals surface area contributed by atoms with E-state index in [1.54, 1.807) is 0 Å². The van der Waals surface area contributed by atoms with Crippen molar-refractivity contribution in [3.8, 4) is 0 Å². The van der Waals surface area contributed by atoms with E-state index in [2.05, 4.69) is 0 Å². The molecule has 0 aromatic carbocycles. The molecule has 2 fully saturated rings. The highest BCUT2D eigenvalue weighted by Crippen LogP contribution is 2.54. The molecular weight excluding hydrogens is 130 g/mol. The van der Waals surface area contributed by atoms with Gasteiger partial charge in [-0.2, -0.15) is 0 Å². The molecule has 2 saturated carbocycles. The molecule has 0 heterocycles. The minimum Gasteiger partial charge on any atom is -0.481 e. The number of hydrogen-bond donors (Lipinski definition) is 2. The summed E-state index contributed by atoms with van der Waals surface area (Å²) in [4.78, 5) is 10.5. The number of rotatable bonds is 1. The van der Waals surface area contributed by atoms with E-state index in [0.29, 0.717) is 18.3 Å². The Bertz CT molecular complexity index is 180. The molecule has 0 bridgehead atoms. The maximum atomic E-state index is 10.5. The van der Waals surface area contributed by atoms with Crippen LogP contribution in [-0.4, -0.2) is 17.1 Å². The van der Waals surface area contributed by atoms with E-state index in [0.717, 1.165) is 6.42 Å². The van der Waals surface area contributed by atoms with Crippen molar-refractivity contribution in [2.24, 2.45) is 23.5 Å². The molecule has 4 atom stereocenters. The van der Waals surface area contributed by atoms with Gasteiger partial charge in [-0.25, -0.2) is 0 Å². The SMILES string of the molecule is N[C@@H]1C[C@H](C(=O)O)[C@H]2C[C@H]21. The van der Waals surface area contributed by atoms with Gasteiger partial charge in [-0.15, -0.1) is 0 Å². The molecule has 0 aromatic rings. The van der Waals surface area contributed by atoms with Gasteiger partial charge in [0.2, 0.25) is 0 Å². The fraction of sp³-hybridized carbons (Fsp3) is 0.857. The van der Waals surface area contributed by atoms with E-state index in [9.17, 15) is 4.79 Å². The average molecular weight is 141 g/mol. The Hall–Kier alpha value is -0.570. The first-order valence-corrected chi connectivity index (χ1v) is 3.68. The molecule has 0 radical (unpaired) electrons. The first kappa shape index (κ1) is 6.16. The molecule has 0 aromatic heterocycles. The molecule has 0 unspecified atom stereocenters. The zero-order valence-electron chi connectivity index (χ0n) is 5.66. The van der Waals surface area contributed by atoms with Gasteiger partial charge >= 0.3 is 5.97 Å². The van der Waals surface area contributed by atoms with Crippen LogP contribution in [0.25, 0.3) is 0 Å². The van der Waals surface area contributed by atoms with Gasteiger partial charge in [-0.1, -0.05) is 0 Å². The average Bonchev–Trinajstić information content (AvgIpc) is 2.55. The molecule has 0 amide bonds. The molecule has 10 heavy (non-hydrogen) atoms. The quantitative estimate of drug-likeness (QED) is 0.542. The van der Waals surface area contributed by atoms with Gasteiger partial charge in [0, 0.05) is 6.04 Å². The third-order valence-corrected chi connectivity index (χ3v) is 2.80. The zero-order valence-corrected chi connectivity index (χ0v) is 5.66. The van der Waals surface area contributed by atoms with Crippen molar-refractivity contribution in [2.75, 3.05) is 0 Å². The third-order valence-electron chi connectivity index (χ3n) is 2.80. The van der Waals surface area contributed by atoms with Gasteiger partial charge in [0.25, 0.3) is 0 Å². The van der Waals surface area contributed by atoms with Crippen LogP contribution in [0.5, 0.6) is 0 Å². The Morgan fingerprint density at radius 3 is 2.30 bits per heavy atom. The summed E-state index contributed by atoms with van der Waals surface area (Å²) in [6.45, 7) is 0. The van der Waals surface area contributed by atoms with Gasteiger partial charge in [-0.3, -0.25) is 4.79 Å². The smallest absolute Gasteiger partial charge is 0.306 e. The lowest BCUT2D eigenvalue weighted by atomic mass is 10.0. The van der Waals surface area contributed by atoms with Crippen LogP contribution in [0.3, 0.4) is 0 Å². The summed E-state index contributed by atoms with van der Waals surface area (Å²) in [7, 11) is 0. The highest BCUT2D eigenvalue weighted by molar-refractivity contribution is 5.71. The van der Waals surface area contributed by atoms with Gasteiger partial charge in [0.05, 0.1) is 5.92 Å². The largest absolute Gasteiger partial charge is 0.481 e. The molecule has 0 aliphatic heterocycles. The number of carboxylic acids is 1. The second-order valence-electron chi connectivity index (χ2n) is 3.41. The third kappa shape index (κ3) is 0.669. The van der Waals surface area contributed by atoms with Crippen LogP contribution < -0.4 is 5.73 Å². The van der Waals surface area contributed by atoms with Crippen LogP contribution in [0.2, 0.25) is 0 Å². The Labute approximate surface area is 59.2 Å². The van der Waals surface area contributed by atoms with E-state index < -0.39 is 5.97 Å². The highest BCUT2D eigenvalue weighted by Gasteiger charge is 2.55. The number of carboxylic acid groups (broad SMARTS) is 1. The number of fused-ring (bicyclic) bond motifs is 1. The summed E-state index contributed by atoms with van der Waals surface area (Å²) >= 11 is 0. The molecule has 2 aliphatic carbocycles. The van der Waals surface area contributed by atoms with Gasteiger partial charge in [0.1, 0.15) is 0 Å². The van der Waals surface area contributed by atoms with Crippen LogP contribution >= 0.6 is 0 Å². The van der Waals surface area contributed by atoms with Crippen molar-refractivity contribution >= 4 is 5.97 Å². The van der Waals surface area contributed by atoms with E-state index in [4.69, 9.17) is 10.8 Å². The molecule has 0 spiro atoms.